The largest absolute Gasteiger partial charge is 0.314 e. The van der Waals surface area contributed by atoms with Gasteiger partial charge in [-0.2, -0.15) is 0 Å². The summed E-state index contributed by atoms with van der Waals surface area (Å²) in [6, 6.07) is 0.572. The molecule has 0 unspecified atom stereocenters. The van der Waals surface area contributed by atoms with Gasteiger partial charge in [0.2, 0.25) is 0 Å². The minimum absolute atomic E-state index is 0.572. The molecule has 0 spiro atoms. The zero-order chi connectivity index (χ0) is 9.56. The fourth-order valence-corrected chi connectivity index (χ4v) is 1.08. The van der Waals surface area contributed by atoms with Crippen molar-refractivity contribution in [1.82, 2.24) is 5.32 Å². The van der Waals surface area contributed by atoms with Gasteiger partial charge in [0.1, 0.15) is 0 Å². The van der Waals surface area contributed by atoms with Crippen LogP contribution in [-0.2, 0) is 0 Å². The van der Waals surface area contributed by atoms with Gasteiger partial charge in [0.15, 0.2) is 0 Å². The van der Waals surface area contributed by atoms with Gasteiger partial charge in [0, 0.05) is 6.04 Å². The van der Waals surface area contributed by atoms with E-state index in [4.69, 9.17) is 0 Å². The maximum Gasteiger partial charge on any atom is 0.00105 e. The molecule has 0 aliphatic heterocycles. The van der Waals surface area contributed by atoms with Gasteiger partial charge in [0.25, 0.3) is 0 Å². The van der Waals surface area contributed by atoms with Crippen LogP contribution >= 0.6 is 0 Å². The highest BCUT2D eigenvalue weighted by Crippen LogP contribution is 2.10. The molecule has 1 nitrogen and oxygen atoms in total. The van der Waals surface area contributed by atoms with Gasteiger partial charge >= 0.3 is 0 Å². The minimum Gasteiger partial charge on any atom is -0.314 e. The maximum atomic E-state index is 3.69. The van der Waals surface area contributed by atoms with Crippen molar-refractivity contribution in [3.05, 3.63) is 17.9 Å². The number of rotatable bonds is 5. The van der Waals surface area contributed by atoms with Gasteiger partial charge in [-0.1, -0.05) is 34.3 Å². The Labute approximate surface area is 76.6 Å². The second kappa shape index (κ2) is 6.05. The minimum atomic E-state index is 0.572. The Bertz CT molecular complexity index is 162. The first-order valence-corrected chi connectivity index (χ1v) is 4.70. The highest BCUT2D eigenvalue weighted by molar-refractivity contribution is 5.02. The van der Waals surface area contributed by atoms with E-state index in [-0.39, 0.29) is 0 Å². The first kappa shape index (κ1) is 11.5. The predicted octanol–water partition coefficient (Wildman–Crippen LogP) is 2.74. The first-order valence-electron chi connectivity index (χ1n) is 4.70. The molecule has 0 aromatic heterocycles. The molecule has 0 saturated heterocycles. The SMILES string of the molecule is C=C=C(CCNC(C)C)C(C)C. The molecule has 0 atom stereocenters. The Morgan fingerprint density at radius 1 is 1.33 bits per heavy atom. The molecule has 1 N–H and O–H groups in total. The lowest BCUT2D eigenvalue weighted by atomic mass is 10.0. The zero-order valence-corrected chi connectivity index (χ0v) is 8.78. The molecule has 0 aromatic rings. The van der Waals surface area contributed by atoms with E-state index < -0.39 is 0 Å². The topological polar surface area (TPSA) is 12.0 Å². The van der Waals surface area contributed by atoms with Crippen LogP contribution in [0.2, 0.25) is 0 Å². The lowest BCUT2D eigenvalue weighted by Gasteiger charge is -2.11. The molecule has 12 heavy (non-hydrogen) atoms. The standard InChI is InChI=1S/C11H21N/c1-6-11(9(2)3)7-8-12-10(4)5/h9-10,12H,1,7-8H2,2-5H3. The summed E-state index contributed by atoms with van der Waals surface area (Å²) >= 11 is 0. The fraction of sp³-hybridized carbons (Fsp3) is 0.727. The fourth-order valence-electron chi connectivity index (χ4n) is 1.08. The molecule has 0 saturated carbocycles. The second-order valence-electron chi connectivity index (χ2n) is 3.72. The highest BCUT2D eigenvalue weighted by atomic mass is 14.9. The van der Waals surface area contributed by atoms with Crippen LogP contribution in [0.1, 0.15) is 34.1 Å². The first-order chi connectivity index (χ1) is 5.57. The third-order valence-corrected chi connectivity index (χ3v) is 1.87. The predicted molar refractivity (Wildman–Crippen MR) is 55.2 cm³/mol. The number of hydrogen-bond donors (Lipinski definition) is 1. The Morgan fingerprint density at radius 3 is 2.25 bits per heavy atom. The van der Waals surface area contributed by atoms with Crippen LogP contribution < -0.4 is 5.32 Å². The van der Waals surface area contributed by atoms with Gasteiger partial charge in [0.05, 0.1) is 0 Å². The Kier molecular flexibility index (Phi) is 5.79. The van der Waals surface area contributed by atoms with Gasteiger partial charge < -0.3 is 5.32 Å². The molecule has 0 bridgehead atoms. The summed E-state index contributed by atoms with van der Waals surface area (Å²) < 4.78 is 0. The zero-order valence-electron chi connectivity index (χ0n) is 8.78. The molecule has 0 amide bonds. The quantitative estimate of drug-likeness (QED) is 0.621. The Morgan fingerprint density at radius 2 is 1.92 bits per heavy atom. The molecular weight excluding hydrogens is 146 g/mol. The van der Waals surface area contributed by atoms with Gasteiger partial charge in [-0.15, -0.1) is 5.73 Å². The van der Waals surface area contributed by atoms with E-state index in [2.05, 4.69) is 45.3 Å². The summed E-state index contributed by atoms with van der Waals surface area (Å²) in [5.74, 6) is 0.580. The van der Waals surface area contributed by atoms with E-state index in [0.29, 0.717) is 12.0 Å². The molecule has 0 aromatic carbocycles. The van der Waals surface area contributed by atoms with Crippen LogP contribution in [0.5, 0.6) is 0 Å². The lowest BCUT2D eigenvalue weighted by Crippen LogP contribution is -2.24. The van der Waals surface area contributed by atoms with Gasteiger partial charge in [-0.3, -0.25) is 0 Å². The van der Waals surface area contributed by atoms with E-state index in [1.165, 1.54) is 5.57 Å². The van der Waals surface area contributed by atoms with E-state index in [0.717, 1.165) is 13.0 Å². The van der Waals surface area contributed by atoms with Gasteiger partial charge in [-0.25, -0.2) is 0 Å². The maximum absolute atomic E-state index is 3.69. The number of hydrogen-bond acceptors (Lipinski definition) is 1. The third kappa shape index (κ3) is 5.17. The van der Waals surface area contributed by atoms with Crippen molar-refractivity contribution < 1.29 is 0 Å². The Hall–Kier alpha value is -0.520. The molecule has 0 aliphatic carbocycles. The molecule has 0 heterocycles. The summed E-state index contributed by atoms with van der Waals surface area (Å²) in [6.07, 6.45) is 1.07. The van der Waals surface area contributed by atoms with Crippen molar-refractivity contribution in [2.24, 2.45) is 5.92 Å². The second-order valence-corrected chi connectivity index (χ2v) is 3.72. The molecule has 0 rings (SSSR count). The van der Waals surface area contributed by atoms with E-state index in [9.17, 15) is 0 Å². The van der Waals surface area contributed by atoms with Crippen molar-refractivity contribution in [3.63, 3.8) is 0 Å². The average molecular weight is 167 g/mol. The lowest BCUT2D eigenvalue weighted by molar-refractivity contribution is 0.572. The van der Waals surface area contributed by atoms with Crippen molar-refractivity contribution >= 4 is 0 Å². The smallest absolute Gasteiger partial charge is 0.00105 e. The van der Waals surface area contributed by atoms with Crippen molar-refractivity contribution in [2.45, 2.75) is 40.2 Å². The highest BCUT2D eigenvalue weighted by Gasteiger charge is 2.01. The average Bonchev–Trinajstić information content (AvgIpc) is 1.96. The normalized spacial score (nSPS) is 10.5. The van der Waals surface area contributed by atoms with Crippen molar-refractivity contribution in [3.8, 4) is 0 Å². The Balaban J connectivity index is 3.68. The number of nitrogens with one attached hydrogen (secondary N) is 1. The molecule has 0 fully saturated rings. The van der Waals surface area contributed by atoms with Crippen LogP contribution in [0.4, 0.5) is 0 Å². The summed E-state index contributed by atoms with van der Waals surface area (Å²) in [7, 11) is 0. The van der Waals surface area contributed by atoms with E-state index in [1.807, 2.05) is 0 Å². The molecule has 0 radical (unpaired) electrons. The molecule has 70 valence electrons. The van der Waals surface area contributed by atoms with Crippen LogP contribution in [0.15, 0.2) is 17.9 Å². The van der Waals surface area contributed by atoms with Crippen molar-refractivity contribution in [2.75, 3.05) is 6.54 Å². The van der Waals surface area contributed by atoms with E-state index in [1.54, 1.807) is 0 Å². The van der Waals surface area contributed by atoms with E-state index >= 15 is 0 Å². The third-order valence-electron chi connectivity index (χ3n) is 1.87. The van der Waals surface area contributed by atoms with Crippen LogP contribution in [0.25, 0.3) is 0 Å². The van der Waals surface area contributed by atoms with Crippen LogP contribution in [-0.4, -0.2) is 12.6 Å². The monoisotopic (exact) mass is 167 g/mol. The molecule has 1 heteroatoms. The molecule has 0 aliphatic rings. The van der Waals surface area contributed by atoms with Gasteiger partial charge in [-0.05, 0) is 24.5 Å². The summed E-state index contributed by atoms with van der Waals surface area (Å²) in [4.78, 5) is 0. The summed E-state index contributed by atoms with van der Waals surface area (Å²) in [5, 5.41) is 3.38. The van der Waals surface area contributed by atoms with Crippen LogP contribution in [0, 0.1) is 5.92 Å². The van der Waals surface area contributed by atoms with Crippen molar-refractivity contribution in [1.29, 1.82) is 0 Å². The summed E-state index contributed by atoms with van der Waals surface area (Å²) in [6.45, 7) is 13.4. The summed E-state index contributed by atoms with van der Waals surface area (Å²) in [5.41, 5.74) is 4.32. The van der Waals surface area contributed by atoms with Crippen LogP contribution in [0.3, 0.4) is 0 Å². The molecular formula is C11H21N.